The molecular formula is C22H20FNO3. The summed E-state index contributed by atoms with van der Waals surface area (Å²) in [6.07, 6.45) is 1.02. The molecule has 138 valence electrons. The Balaban J connectivity index is 1.87. The molecule has 4 nitrogen and oxygen atoms in total. The van der Waals surface area contributed by atoms with Crippen LogP contribution in [0.1, 0.15) is 51.2 Å². The summed E-state index contributed by atoms with van der Waals surface area (Å²) in [5, 5.41) is 0.625. The van der Waals surface area contributed by atoms with E-state index in [0.717, 1.165) is 16.8 Å². The van der Waals surface area contributed by atoms with Gasteiger partial charge in [-0.25, -0.2) is 9.18 Å². The van der Waals surface area contributed by atoms with Gasteiger partial charge in [0.1, 0.15) is 5.82 Å². The Morgan fingerprint density at radius 3 is 2.78 bits per heavy atom. The summed E-state index contributed by atoms with van der Waals surface area (Å²) in [6.45, 7) is 2.04. The summed E-state index contributed by atoms with van der Waals surface area (Å²) in [6, 6.07) is 11.9. The van der Waals surface area contributed by atoms with Crippen molar-refractivity contribution in [2.45, 2.75) is 25.7 Å². The van der Waals surface area contributed by atoms with Crippen molar-refractivity contribution in [1.29, 1.82) is 0 Å². The standard InChI is InChI=1S/C22H20FNO3/c1-12-9-18(25)20-19-15(22(26)27-2)7-4-8-17(19)24-21(20)16(12)11-13-5-3-6-14(23)10-13/h3-8,10,12,16,24H,9,11H2,1-2H3. The van der Waals surface area contributed by atoms with Crippen LogP contribution in [0.5, 0.6) is 0 Å². The molecule has 1 aliphatic rings. The molecule has 0 amide bonds. The monoisotopic (exact) mass is 365 g/mol. The average molecular weight is 365 g/mol. The van der Waals surface area contributed by atoms with Gasteiger partial charge in [-0.2, -0.15) is 0 Å². The van der Waals surface area contributed by atoms with Crippen molar-refractivity contribution in [2.24, 2.45) is 5.92 Å². The number of halogens is 1. The molecule has 1 heterocycles. The van der Waals surface area contributed by atoms with Crippen LogP contribution in [0.3, 0.4) is 0 Å². The number of ketones is 1. The van der Waals surface area contributed by atoms with Crippen molar-refractivity contribution in [3.63, 3.8) is 0 Å². The van der Waals surface area contributed by atoms with Gasteiger partial charge in [-0.05, 0) is 42.2 Å². The van der Waals surface area contributed by atoms with Gasteiger partial charge in [-0.3, -0.25) is 4.79 Å². The first-order valence-corrected chi connectivity index (χ1v) is 9.00. The molecule has 1 N–H and O–H groups in total. The molecule has 0 saturated heterocycles. The third kappa shape index (κ3) is 2.93. The van der Waals surface area contributed by atoms with Gasteiger partial charge in [0.05, 0.1) is 12.7 Å². The van der Waals surface area contributed by atoms with Gasteiger partial charge < -0.3 is 9.72 Å². The lowest BCUT2D eigenvalue weighted by Crippen LogP contribution is -2.24. The van der Waals surface area contributed by atoms with E-state index >= 15 is 0 Å². The molecule has 4 rings (SSSR count). The highest BCUT2D eigenvalue weighted by atomic mass is 19.1. The average Bonchev–Trinajstić information content (AvgIpc) is 3.04. The number of rotatable bonds is 3. The maximum atomic E-state index is 13.6. The Hall–Kier alpha value is -2.95. The van der Waals surface area contributed by atoms with Gasteiger partial charge in [0.25, 0.3) is 0 Å². The summed E-state index contributed by atoms with van der Waals surface area (Å²) < 4.78 is 18.5. The van der Waals surface area contributed by atoms with Crippen molar-refractivity contribution in [2.75, 3.05) is 7.11 Å². The quantitative estimate of drug-likeness (QED) is 0.688. The molecule has 3 aromatic rings. The molecule has 1 aliphatic carbocycles. The van der Waals surface area contributed by atoms with E-state index in [2.05, 4.69) is 4.98 Å². The number of esters is 1. The number of carbonyl (C=O) groups excluding carboxylic acids is 2. The molecule has 2 aromatic carbocycles. The minimum Gasteiger partial charge on any atom is -0.465 e. The van der Waals surface area contributed by atoms with E-state index in [0.29, 0.717) is 29.4 Å². The third-order valence-corrected chi connectivity index (χ3v) is 5.45. The van der Waals surface area contributed by atoms with Crippen molar-refractivity contribution >= 4 is 22.7 Å². The molecule has 1 aromatic heterocycles. The zero-order valence-electron chi connectivity index (χ0n) is 15.2. The second kappa shape index (κ2) is 6.65. The number of carbonyl (C=O) groups is 2. The SMILES string of the molecule is COC(=O)c1cccc2[nH]c3c(c12)C(=O)CC(C)C3Cc1cccc(F)c1. The van der Waals surface area contributed by atoms with Crippen LogP contribution >= 0.6 is 0 Å². The Bertz CT molecular complexity index is 1050. The molecule has 27 heavy (non-hydrogen) atoms. The molecule has 5 heteroatoms. The van der Waals surface area contributed by atoms with Crippen molar-refractivity contribution in [3.8, 4) is 0 Å². The number of aromatic nitrogens is 1. The number of aromatic amines is 1. The van der Waals surface area contributed by atoms with E-state index in [9.17, 15) is 14.0 Å². The Morgan fingerprint density at radius 2 is 2.04 bits per heavy atom. The predicted molar refractivity (Wildman–Crippen MR) is 101 cm³/mol. The van der Waals surface area contributed by atoms with Gasteiger partial charge in [0.2, 0.25) is 0 Å². The van der Waals surface area contributed by atoms with E-state index < -0.39 is 5.97 Å². The maximum Gasteiger partial charge on any atom is 0.338 e. The van der Waals surface area contributed by atoms with Gasteiger partial charge in [-0.15, -0.1) is 0 Å². The molecule has 2 atom stereocenters. The van der Waals surface area contributed by atoms with Crippen LogP contribution in [0.15, 0.2) is 42.5 Å². The number of fused-ring (bicyclic) bond motifs is 3. The van der Waals surface area contributed by atoms with Crippen LogP contribution in [-0.4, -0.2) is 23.8 Å². The van der Waals surface area contributed by atoms with Gasteiger partial charge >= 0.3 is 5.97 Å². The highest BCUT2D eigenvalue weighted by Gasteiger charge is 2.36. The first kappa shape index (κ1) is 17.5. The lowest BCUT2D eigenvalue weighted by molar-refractivity contribution is 0.0603. The number of benzene rings is 2. The summed E-state index contributed by atoms with van der Waals surface area (Å²) in [5.74, 6) is -0.553. The van der Waals surface area contributed by atoms with E-state index in [1.165, 1.54) is 19.2 Å². The topological polar surface area (TPSA) is 59.2 Å². The fraction of sp³-hybridized carbons (Fsp3) is 0.273. The lowest BCUT2D eigenvalue weighted by atomic mass is 9.75. The van der Waals surface area contributed by atoms with Crippen LogP contribution in [0, 0.1) is 11.7 Å². The first-order valence-electron chi connectivity index (χ1n) is 9.00. The van der Waals surface area contributed by atoms with Crippen LogP contribution in [0.25, 0.3) is 10.9 Å². The van der Waals surface area contributed by atoms with Gasteiger partial charge in [0, 0.05) is 34.5 Å². The maximum absolute atomic E-state index is 13.6. The van der Waals surface area contributed by atoms with Crippen LogP contribution in [0.4, 0.5) is 4.39 Å². The number of H-pyrrole nitrogens is 1. The second-order valence-electron chi connectivity index (χ2n) is 7.18. The molecule has 2 unspecified atom stereocenters. The summed E-state index contributed by atoms with van der Waals surface area (Å²) in [5.41, 5.74) is 3.42. The predicted octanol–water partition coefficient (Wildman–Crippen LogP) is 4.64. The number of hydrogen-bond donors (Lipinski definition) is 1. The fourth-order valence-corrected chi connectivity index (χ4v) is 4.16. The van der Waals surface area contributed by atoms with E-state index in [1.807, 2.05) is 19.1 Å². The Morgan fingerprint density at radius 1 is 1.26 bits per heavy atom. The minimum atomic E-state index is -0.462. The van der Waals surface area contributed by atoms with Crippen LogP contribution in [0.2, 0.25) is 0 Å². The highest BCUT2D eigenvalue weighted by molar-refractivity contribution is 6.16. The molecule has 0 fully saturated rings. The minimum absolute atomic E-state index is 0.0237. The third-order valence-electron chi connectivity index (χ3n) is 5.45. The summed E-state index contributed by atoms with van der Waals surface area (Å²) in [4.78, 5) is 28.4. The lowest BCUT2D eigenvalue weighted by Gasteiger charge is -2.28. The molecular weight excluding hydrogens is 345 g/mol. The van der Waals surface area contributed by atoms with Gasteiger partial charge in [0.15, 0.2) is 5.78 Å². The van der Waals surface area contributed by atoms with Crippen LogP contribution in [-0.2, 0) is 11.2 Å². The molecule has 0 radical (unpaired) electrons. The molecule has 0 bridgehead atoms. The van der Waals surface area contributed by atoms with E-state index in [-0.39, 0.29) is 23.4 Å². The Labute approximate surface area is 156 Å². The molecule has 0 aliphatic heterocycles. The van der Waals surface area contributed by atoms with Crippen molar-refractivity contribution < 1.29 is 18.7 Å². The van der Waals surface area contributed by atoms with E-state index in [4.69, 9.17) is 4.74 Å². The number of ether oxygens (including phenoxy) is 1. The second-order valence-corrected chi connectivity index (χ2v) is 7.18. The number of hydrogen-bond acceptors (Lipinski definition) is 3. The first-order chi connectivity index (χ1) is 13.0. The summed E-state index contributed by atoms with van der Waals surface area (Å²) >= 11 is 0. The smallest absolute Gasteiger partial charge is 0.338 e. The van der Waals surface area contributed by atoms with Crippen molar-refractivity contribution in [3.05, 3.63) is 70.7 Å². The van der Waals surface area contributed by atoms with Gasteiger partial charge in [-0.1, -0.05) is 25.1 Å². The Kier molecular flexibility index (Phi) is 4.30. The number of Topliss-reactive ketones (excluding diaryl/α,β-unsaturated/α-hetero) is 1. The number of nitrogens with one attached hydrogen (secondary N) is 1. The normalized spacial score (nSPS) is 19.1. The highest BCUT2D eigenvalue weighted by Crippen LogP contribution is 2.42. The zero-order chi connectivity index (χ0) is 19.1. The van der Waals surface area contributed by atoms with E-state index in [1.54, 1.807) is 18.2 Å². The largest absolute Gasteiger partial charge is 0.465 e. The fourth-order valence-electron chi connectivity index (χ4n) is 4.16. The number of methoxy groups -OCH3 is 1. The summed E-state index contributed by atoms with van der Waals surface area (Å²) in [7, 11) is 1.33. The van der Waals surface area contributed by atoms with Crippen molar-refractivity contribution in [1.82, 2.24) is 4.98 Å². The molecule has 0 spiro atoms. The van der Waals surface area contributed by atoms with Crippen LogP contribution < -0.4 is 0 Å². The zero-order valence-corrected chi connectivity index (χ0v) is 15.2. The molecule has 0 saturated carbocycles.